The van der Waals surface area contributed by atoms with Gasteiger partial charge in [-0.15, -0.1) is 0 Å². The van der Waals surface area contributed by atoms with Crippen LogP contribution in [0.2, 0.25) is 0 Å². The Labute approximate surface area is 163 Å². The molecule has 0 saturated carbocycles. The lowest BCUT2D eigenvalue weighted by atomic mass is 9.93. The van der Waals surface area contributed by atoms with Crippen LogP contribution in [0.25, 0.3) is 32.9 Å². The normalized spacial score (nSPS) is 11.1. The second kappa shape index (κ2) is 7.31. The molecule has 0 bridgehead atoms. The monoisotopic (exact) mass is 371 g/mol. The van der Waals surface area contributed by atoms with Crippen molar-refractivity contribution in [3.05, 3.63) is 76.6 Å². The Hall–Kier alpha value is -3.40. The van der Waals surface area contributed by atoms with Gasteiger partial charge in [-0.25, -0.2) is 4.79 Å². The summed E-state index contributed by atoms with van der Waals surface area (Å²) in [7, 11) is 0. The Morgan fingerprint density at radius 2 is 1.68 bits per heavy atom. The number of aldehydes is 1. The van der Waals surface area contributed by atoms with Gasteiger partial charge in [0.2, 0.25) is 0 Å². The lowest BCUT2D eigenvalue weighted by molar-refractivity contribution is 0.112. The van der Waals surface area contributed by atoms with Crippen LogP contribution in [-0.2, 0) is 0 Å². The molecular formula is C24H21NO3. The maximum Gasteiger partial charge on any atom is 0.347 e. The summed E-state index contributed by atoms with van der Waals surface area (Å²) in [6, 6.07) is 19.7. The molecule has 0 unspecified atom stereocenters. The predicted molar refractivity (Wildman–Crippen MR) is 114 cm³/mol. The van der Waals surface area contributed by atoms with Crippen LogP contribution in [0, 0.1) is 0 Å². The van der Waals surface area contributed by atoms with Gasteiger partial charge in [0.15, 0.2) is 6.29 Å². The van der Waals surface area contributed by atoms with Gasteiger partial charge in [-0.2, -0.15) is 0 Å². The molecule has 0 saturated heterocycles. The zero-order valence-corrected chi connectivity index (χ0v) is 15.9. The summed E-state index contributed by atoms with van der Waals surface area (Å²) in [5.74, 6) is 0. The van der Waals surface area contributed by atoms with Crippen LogP contribution in [0.4, 0.5) is 5.69 Å². The number of nitrogens with zero attached hydrogens (tertiary/aromatic N) is 1. The van der Waals surface area contributed by atoms with Crippen molar-refractivity contribution in [1.82, 2.24) is 0 Å². The molecule has 0 aliphatic rings. The van der Waals surface area contributed by atoms with Crippen molar-refractivity contribution in [3.8, 4) is 11.1 Å². The van der Waals surface area contributed by atoms with Crippen LogP contribution < -0.4 is 10.5 Å². The zero-order valence-electron chi connectivity index (χ0n) is 15.9. The van der Waals surface area contributed by atoms with Crippen molar-refractivity contribution >= 4 is 33.7 Å². The molecule has 4 rings (SSSR count). The fourth-order valence-corrected chi connectivity index (χ4v) is 3.83. The summed E-state index contributed by atoms with van der Waals surface area (Å²) in [6.45, 7) is 5.88. The highest BCUT2D eigenvalue weighted by Crippen LogP contribution is 2.36. The lowest BCUT2D eigenvalue weighted by Crippen LogP contribution is -2.21. The van der Waals surface area contributed by atoms with Gasteiger partial charge in [0, 0.05) is 35.8 Å². The average molecular weight is 371 g/mol. The van der Waals surface area contributed by atoms with E-state index in [2.05, 4.69) is 18.7 Å². The van der Waals surface area contributed by atoms with Gasteiger partial charge in [0.05, 0.1) is 0 Å². The minimum atomic E-state index is -0.609. The van der Waals surface area contributed by atoms with Crippen molar-refractivity contribution in [3.63, 3.8) is 0 Å². The van der Waals surface area contributed by atoms with E-state index in [-0.39, 0.29) is 5.56 Å². The summed E-state index contributed by atoms with van der Waals surface area (Å²) in [6.07, 6.45) is 0.598. The third-order valence-electron chi connectivity index (χ3n) is 5.23. The number of fused-ring (bicyclic) bond motifs is 2. The molecule has 0 aliphatic carbocycles. The number of carbonyl (C=O) groups excluding carboxylic acids is 1. The van der Waals surface area contributed by atoms with Gasteiger partial charge in [0.25, 0.3) is 0 Å². The number of hydrogen-bond donors (Lipinski definition) is 0. The lowest BCUT2D eigenvalue weighted by Gasteiger charge is -2.21. The largest absolute Gasteiger partial charge is 0.422 e. The van der Waals surface area contributed by atoms with Gasteiger partial charge >= 0.3 is 5.63 Å². The maximum atomic E-state index is 12.6. The van der Waals surface area contributed by atoms with E-state index in [1.54, 1.807) is 0 Å². The second-order valence-corrected chi connectivity index (χ2v) is 6.68. The quantitative estimate of drug-likeness (QED) is 0.354. The molecule has 4 nitrogen and oxygen atoms in total. The molecule has 0 atom stereocenters. The first-order chi connectivity index (χ1) is 13.7. The van der Waals surface area contributed by atoms with Crippen molar-refractivity contribution < 1.29 is 9.21 Å². The van der Waals surface area contributed by atoms with Crippen molar-refractivity contribution in [2.45, 2.75) is 13.8 Å². The van der Waals surface area contributed by atoms with E-state index >= 15 is 0 Å². The first kappa shape index (κ1) is 18.0. The van der Waals surface area contributed by atoms with Gasteiger partial charge < -0.3 is 9.32 Å². The SMILES string of the molecule is CCN(CC)c1ccc2c(-c3cccc4ccccc34)c(C=O)c(=O)oc2c1. The number of hydrogen-bond acceptors (Lipinski definition) is 4. The second-order valence-electron chi connectivity index (χ2n) is 6.68. The highest BCUT2D eigenvalue weighted by atomic mass is 16.4. The third kappa shape index (κ3) is 2.87. The van der Waals surface area contributed by atoms with Crippen molar-refractivity contribution in [2.24, 2.45) is 0 Å². The molecule has 4 aromatic rings. The standard InChI is InChI=1S/C24H21NO3/c1-3-25(4-2)17-12-13-20-22(14-17)28-24(27)21(15-26)23(20)19-11-7-9-16-8-5-6-10-18(16)19/h5-15H,3-4H2,1-2H3. The van der Waals surface area contributed by atoms with Crippen LogP contribution >= 0.6 is 0 Å². The molecule has 140 valence electrons. The number of anilines is 1. The van der Waals surface area contributed by atoms with Gasteiger partial charge in [-0.05, 0) is 42.3 Å². The Morgan fingerprint density at radius 1 is 0.929 bits per heavy atom. The molecule has 28 heavy (non-hydrogen) atoms. The molecule has 3 aromatic carbocycles. The van der Waals surface area contributed by atoms with E-state index in [1.807, 2.05) is 60.7 Å². The van der Waals surface area contributed by atoms with Crippen LogP contribution in [-0.4, -0.2) is 19.4 Å². The Kier molecular flexibility index (Phi) is 4.70. The molecule has 4 heteroatoms. The first-order valence-electron chi connectivity index (χ1n) is 9.47. The van der Waals surface area contributed by atoms with Crippen LogP contribution in [0.5, 0.6) is 0 Å². The van der Waals surface area contributed by atoms with Crippen LogP contribution in [0.15, 0.2) is 69.9 Å². The summed E-state index contributed by atoms with van der Waals surface area (Å²) >= 11 is 0. The van der Waals surface area contributed by atoms with E-state index in [0.717, 1.165) is 40.5 Å². The number of carbonyl (C=O) groups is 1. The molecule has 0 N–H and O–H groups in total. The van der Waals surface area contributed by atoms with E-state index in [4.69, 9.17) is 4.42 Å². The number of benzene rings is 3. The molecule has 0 amide bonds. The average Bonchev–Trinajstić information content (AvgIpc) is 2.73. The topological polar surface area (TPSA) is 50.5 Å². The Morgan fingerprint density at radius 3 is 2.43 bits per heavy atom. The summed E-state index contributed by atoms with van der Waals surface area (Å²) in [5.41, 5.74) is 2.41. The molecule has 0 spiro atoms. The van der Waals surface area contributed by atoms with Gasteiger partial charge in [0.1, 0.15) is 11.1 Å². The molecule has 1 heterocycles. The molecule has 0 aliphatic heterocycles. The third-order valence-corrected chi connectivity index (χ3v) is 5.23. The summed E-state index contributed by atoms with van der Waals surface area (Å²) in [5, 5.41) is 2.81. The van der Waals surface area contributed by atoms with Gasteiger partial charge in [-0.1, -0.05) is 42.5 Å². The van der Waals surface area contributed by atoms with E-state index < -0.39 is 5.63 Å². The van der Waals surface area contributed by atoms with Crippen LogP contribution in [0.3, 0.4) is 0 Å². The van der Waals surface area contributed by atoms with Crippen molar-refractivity contribution in [1.29, 1.82) is 0 Å². The minimum Gasteiger partial charge on any atom is -0.422 e. The van der Waals surface area contributed by atoms with E-state index in [9.17, 15) is 9.59 Å². The van der Waals surface area contributed by atoms with Gasteiger partial charge in [-0.3, -0.25) is 4.79 Å². The molecule has 1 aromatic heterocycles. The highest BCUT2D eigenvalue weighted by Gasteiger charge is 2.18. The maximum absolute atomic E-state index is 12.6. The van der Waals surface area contributed by atoms with E-state index in [1.165, 1.54) is 0 Å². The minimum absolute atomic E-state index is 0.0550. The number of rotatable bonds is 5. The molecule has 0 fully saturated rings. The van der Waals surface area contributed by atoms with Crippen LogP contribution in [0.1, 0.15) is 24.2 Å². The Bertz CT molecular complexity index is 1230. The Balaban J connectivity index is 2.09. The first-order valence-corrected chi connectivity index (χ1v) is 9.47. The predicted octanol–water partition coefficient (Wildman–Crippen LogP) is 5.27. The highest BCUT2D eigenvalue weighted by molar-refractivity contribution is 6.09. The van der Waals surface area contributed by atoms with E-state index in [0.29, 0.717) is 17.4 Å². The summed E-state index contributed by atoms with van der Waals surface area (Å²) in [4.78, 5) is 26.6. The fraction of sp³-hybridized carbons (Fsp3) is 0.167. The smallest absolute Gasteiger partial charge is 0.347 e. The zero-order chi connectivity index (χ0) is 19.7. The summed E-state index contributed by atoms with van der Waals surface area (Å²) < 4.78 is 5.52. The van der Waals surface area contributed by atoms with Crippen molar-refractivity contribution in [2.75, 3.05) is 18.0 Å². The molecule has 0 radical (unpaired) electrons. The molecular weight excluding hydrogens is 350 g/mol. The fourth-order valence-electron chi connectivity index (χ4n) is 3.83.